The van der Waals surface area contributed by atoms with Crippen LogP contribution in [0.5, 0.6) is 0 Å². The van der Waals surface area contributed by atoms with Crippen LogP contribution in [-0.4, -0.2) is 36.5 Å². The van der Waals surface area contributed by atoms with E-state index in [1.807, 2.05) is 4.90 Å². The number of amides is 1. The van der Waals surface area contributed by atoms with Gasteiger partial charge in [-0.25, -0.2) is 0 Å². The van der Waals surface area contributed by atoms with Crippen molar-refractivity contribution in [3.05, 3.63) is 0 Å². The van der Waals surface area contributed by atoms with E-state index in [-0.39, 0.29) is 5.91 Å². The van der Waals surface area contributed by atoms with Gasteiger partial charge in [0.25, 0.3) is 0 Å². The molecular formula is C13H24N2O. The quantitative estimate of drug-likeness (QED) is 0.734. The molecule has 16 heavy (non-hydrogen) atoms. The first-order valence-electron chi connectivity index (χ1n) is 6.65. The lowest BCUT2D eigenvalue weighted by atomic mass is 9.84. The van der Waals surface area contributed by atoms with Gasteiger partial charge in [0.2, 0.25) is 5.91 Å². The van der Waals surface area contributed by atoms with Crippen LogP contribution >= 0.6 is 0 Å². The van der Waals surface area contributed by atoms with Crippen LogP contribution in [0.1, 0.15) is 39.5 Å². The van der Waals surface area contributed by atoms with E-state index >= 15 is 0 Å². The maximum Gasteiger partial charge on any atom is 0.219 e. The molecule has 0 bridgehead atoms. The molecule has 0 spiro atoms. The van der Waals surface area contributed by atoms with E-state index in [1.54, 1.807) is 6.92 Å². The first kappa shape index (κ1) is 11.9. The molecule has 3 nitrogen and oxygen atoms in total. The standard InChI is InChI=1S/C13H24N2O/c1-10-5-6-13(14-8-10)12-4-3-7-15(9-12)11(2)16/h10,12-14H,3-9H2,1-2H3/t10-,12+,13+/m0/s1. The summed E-state index contributed by atoms with van der Waals surface area (Å²) in [7, 11) is 0. The van der Waals surface area contributed by atoms with Crippen LogP contribution in [0, 0.1) is 11.8 Å². The second-order valence-corrected chi connectivity index (χ2v) is 5.56. The van der Waals surface area contributed by atoms with E-state index in [0.717, 1.165) is 25.6 Å². The Morgan fingerprint density at radius 2 is 2.12 bits per heavy atom. The predicted molar refractivity (Wildman–Crippen MR) is 65.2 cm³/mol. The highest BCUT2D eigenvalue weighted by Crippen LogP contribution is 2.26. The molecule has 2 aliphatic rings. The molecular weight excluding hydrogens is 200 g/mol. The average Bonchev–Trinajstić information content (AvgIpc) is 2.30. The molecule has 0 saturated carbocycles. The molecule has 0 aromatic carbocycles. The van der Waals surface area contributed by atoms with Crippen LogP contribution in [0.2, 0.25) is 0 Å². The van der Waals surface area contributed by atoms with Crippen molar-refractivity contribution in [2.24, 2.45) is 11.8 Å². The van der Waals surface area contributed by atoms with Crippen molar-refractivity contribution in [3.8, 4) is 0 Å². The van der Waals surface area contributed by atoms with E-state index in [1.165, 1.54) is 25.7 Å². The third kappa shape index (κ3) is 2.76. The van der Waals surface area contributed by atoms with Crippen molar-refractivity contribution < 1.29 is 4.79 Å². The zero-order chi connectivity index (χ0) is 11.5. The number of rotatable bonds is 1. The maximum absolute atomic E-state index is 11.4. The second-order valence-electron chi connectivity index (χ2n) is 5.56. The number of hydrogen-bond acceptors (Lipinski definition) is 2. The van der Waals surface area contributed by atoms with Gasteiger partial charge in [-0.05, 0) is 44.1 Å². The molecule has 2 heterocycles. The Morgan fingerprint density at radius 3 is 2.75 bits per heavy atom. The van der Waals surface area contributed by atoms with Gasteiger partial charge in [-0.15, -0.1) is 0 Å². The highest BCUT2D eigenvalue weighted by Gasteiger charge is 2.30. The fourth-order valence-corrected chi connectivity index (χ4v) is 3.05. The van der Waals surface area contributed by atoms with Crippen molar-refractivity contribution in [2.45, 2.75) is 45.6 Å². The van der Waals surface area contributed by atoms with Gasteiger partial charge in [0.05, 0.1) is 0 Å². The van der Waals surface area contributed by atoms with Gasteiger partial charge >= 0.3 is 0 Å². The molecule has 0 aromatic heterocycles. The van der Waals surface area contributed by atoms with Crippen molar-refractivity contribution in [3.63, 3.8) is 0 Å². The first-order valence-corrected chi connectivity index (χ1v) is 6.65. The zero-order valence-corrected chi connectivity index (χ0v) is 10.5. The molecule has 0 aliphatic carbocycles. The molecule has 2 fully saturated rings. The average molecular weight is 224 g/mol. The van der Waals surface area contributed by atoms with Gasteiger partial charge in [-0.3, -0.25) is 4.79 Å². The normalized spacial score (nSPS) is 36.1. The fourth-order valence-electron chi connectivity index (χ4n) is 3.05. The Hall–Kier alpha value is -0.570. The summed E-state index contributed by atoms with van der Waals surface area (Å²) in [6.45, 7) is 7.10. The van der Waals surface area contributed by atoms with E-state index in [9.17, 15) is 4.79 Å². The Balaban J connectivity index is 1.87. The number of carbonyl (C=O) groups excluding carboxylic acids is 1. The molecule has 0 unspecified atom stereocenters. The molecule has 3 heteroatoms. The minimum absolute atomic E-state index is 0.244. The summed E-state index contributed by atoms with van der Waals surface area (Å²) in [6.07, 6.45) is 5.10. The highest BCUT2D eigenvalue weighted by atomic mass is 16.2. The van der Waals surface area contributed by atoms with Crippen LogP contribution in [0.4, 0.5) is 0 Å². The van der Waals surface area contributed by atoms with Gasteiger partial charge < -0.3 is 10.2 Å². The first-order chi connectivity index (χ1) is 7.66. The number of hydrogen-bond donors (Lipinski definition) is 1. The Morgan fingerprint density at radius 1 is 1.31 bits per heavy atom. The second kappa shape index (κ2) is 5.17. The van der Waals surface area contributed by atoms with Crippen LogP contribution < -0.4 is 5.32 Å². The summed E-state index contributed by atoms with van der Waals surface area (Å²) >= 11 is 0. The lowest BCUT2D eigenvalue weighted by molar-refractivity contribution is -0.130. The van der Waals surface area contributed by atoms with Gasteiger partial charge in [-0.1, -0.05) is 6.92 Å². The third-order valence-corrected chi connectivity index (χ3v) is 4.17. The van der Waals surface area contributed by atoms with E-state index in [2.05, 4.69) is 12.2 Å². The van der Waals surface area contributed by atoms with Gasteiger partial charge in [0.15, 0.2) is 0 Å². The predicted octanol–water partition coefficient (Wildman–Crippen LogP) is 1.63. The largest absolute Gasteiger partial charge is 0.343 e. The Labute approximate surface area is 98.6 Å². The summed E-state index contributed by atoms with van der Waals surface area (Å²) in [6, 6.07) is 0.651. The minimum Gasteiger partial charge on any atom is -0.343 e. The number of carbonyl (C=O) groups is 1. The molecule has 1 N–H and O–H groups in total. The van der Waals surface area contributed by atoms with Crippen molar-refractivity contribution in [1.82, 2.24) is 10.2 Å². The van der Waals surface area contributed by atoms with Crippen LogP contribution in [0.15, 0.2) is 0 Å². The van der Waals surface area contributed by atoms with Crippen LogP contribution in [0.25, 0.3) is 0 Å². The van der Waals surface area contributed by atoms with Crippen LogP contribution in [0.3, 0.4) is 0 Å². The lowest BCUT2D eigenvalue weighted by Crippen LogP contribution is -2.49. The van der Waals surface area contributed by atoms with Gasteiger partial charge in [-0.2, -0.15) is 0 Å². The van der Waals surface area contributed by atoms with Crippen LogP contribution in [-0.2, 0) is 4.79 Å². The molecule has 1 amide bonds. The fraction of sp³-hybridized carbons (Fsp3) is 0.923. The topological polar surface area (TPSA) is 32.3 Å². The number of likely N-dealkylation sites (tertiary alicyclic amines) is 1. The summed E-state index contributed by atoms with van der Waals surface area (Å²) in [5.41, 5.74) is 0. The van der Waals surface area contributed by atoms with Crippen molar-refractivity contribution >= 4 is 5.91 Å². The van der Waals surface area contributed by atoms with Crippen molar-refractivity contribution in [1.29, 1.82) is 0 Å². The summed E-state index contributed by atoms with van der Waals surface area (Å²) < 4.78 is 0. The molecule has 3 atom stereocenters. The molecule has 92 valence electrons. The van der Waals surface area contributed by atoms with E-state index < -0.39 is 0 Å². The Kier molecular flexibility index (Phi) is 3.85. The van der Waals surface area contributed by atoms with Gasteiger partial charge in [0, 0.05) is 26.1 Å². The third-order valence-electron chi connectivity index (χ3n) is 4.17. The summed E-state index contributed by atoms with van der Waals surface area (Å²) in [5.74, 6) is 1.75. The molecule has 0 radical (unpaired) electrons. The molecule has 0 aromatic rings. The smallest absolute Gasteiger partial charge is 0.219 e. The molecule has 2 saturated heterocycles. The van der Waals surface area contributed by atoms with E-state index in [4.69, 9.17) is 0 Å². The summed E-state index contributed by atoms with van der Waals surface area (Å²) in [4.78, 5) is 13.4. The zero-order valence-electron chi connectivity index (χ0n) is 10.5. The van der Waals surface area contributed by atoms with Gasteiger partial charge in [0.1, 0.15) is 0 Å². The lowest BCUT2D eigenvalue weighted by Gasteiger charge is -2.39. The number of nitrogens with one attached hydrogen (secondary N) is 1. The Bertz CT molecular complexity index is 246. The SMILES string of the molecule is CC(=O)N1CCC[C@@H]([C@H]2CC[C@H](C)CN2)C1. The molecule has 2 aliphatic heterocycles. The molecule has 2 rings (SSSR count). The highest BCUT2D eigenvalue weighted by molar-refractivity contribution is 5.73. The number of piperidine rings is 2. The van der Waals surface area contributed by atoms with Crippen molar-refractivity contribution in [2.75, 3.05) is 19.6 Å². The summed E-state index contributed by atoms with van der Waals surface area (Å²) in [5, 5.41) is 3.66. The number of nitrogens with zero attached hydrogens (tertiary/aromatic N) is 1. The monoisotopic (exact) mass is 224 g/mol. The maximum atomic E-state index is 11.4. The van der Waals surface area contributed by atoms with E-state index in [0.29, 0.717) is 12.0 Å². The minimum atomic E-state index is 0.244.